The Labute approximate surface area is 184 Å². The van der Waals surface area contributed by atoms with Gasteiger partial charge in [0.2, 0.25) is 16.9 Å². The van der Waals surface area contributed by atoms with E-state index < -0.39 is 71.1 Å². The number of aromatic hydroxyl groups is 4. The van der Waals surface area contributed by atoms with E-state index in [0.717, 1.165) is 6.07 Å². The van der Waals surface area contributed by atoms with E-state index >= 15 is 0 Å². The zero-order chi connectivity index (χ0) is 24.0. The minimum Gasteiger partial charge on any atom is -0.508 e. The predicted octanol–water partition coefficient (Wildman–Crippen LogP) is -0.539. The molecule has 12 heteroatoms. The summed E-state index contributed by atoms with van der Waals surface area (Å²) in [5.41, 5.74) is -1.00. The first-order valence-electron chi connectivity index (χ1n) is 9.64. The van der Waals surface area contributed by atoms with Crippen molar-refractivity contribution in [2.24, 2.45) is 0 Å². The van der Waals surface area contributed by atoms with Crippen LogP contribution in [0.4, 0.5) is 0 Å². The zero-order valence-corrected chi connectivity index (χ0v) is 16.7. The van der Waals surface area contributed by atoms with Crippen molar-refractivity contribution in [2.45, 2.75) is 30.7 Å². The monoisotopic (exact) mass is 464 g/mol. The number of hydrogen-bond donors (Lipinski definition) is 8. The minimum absolute atomic E-state index is 0.0789. The molecule has 2 aromatic carbocycles. The van der Waals surface area contributed by atoms with Crippen LogP contribution in [0.5, 0.6) is 28.7 Å². The highest BCUT2D eigenvalue weighted by Crippen LogP contribution is 2.42. The number of phenols is 4. The Balaban J connectivity index is 1.81. The van der Waals surface area contributed by atoms with E-state index in [9.17, 15) is 45.6 Å². The van der Waals surface area contributed by atoms with Crippen molar-refractivity contribution in [3.8, 4) is 40.1 Å². The fourth-order valence-electron chi connectivity index (χ4n) is 3.46. The van der Waals surface area contributed by atoms with Gasteiger partial charge in [0.25, 0.3) is 0 Å². The number of rotatable bonds is 4. The fourth-order valence-corrected chi connectivity index (χ4v) is 3.46. The van der Waals surface area contributed by atoms with Crippen molar-refractivity contribution in [1.29, 1.82) is 0 Å². The van der Waals surface area contributed by atoms with E-state index in [2.05, 4.69) is 0 Å². The summed E-state index contributed by atoms with van der Waals surface area (Å²) in [5.74, 6) is -3.42. The van der Waals surface area contributed by atoms with Gasteiger partial charge in [0.15, 0.2) is 23.5 Å². The third-order valence-electron chi connectivity index (χ3n) is 5.28. The number of phenolic OH excluding ortho intramolecular Hbond substituents is 4. The van der Waals surface area contributed by atoms with Crippen molar-refractivity contribution in [1.82, 2.24) is 0 Å². The lowest BCUT2D eigenvalue weighted by atomic mass is 9.99. The summed E-state index contributed by atoms with van der Waals surface area (Å²) in [6, 6.07) is 6.31. The lowest BCUT2D eigenvalue weighted by Gasteiger charge is -2.38. The smallest absolute Gasteiger partial charge is 0.239 e. The van der Waals surface area contributed by atoms with E-state index in [1.165, 1.54) is 24.3 Å². The van der Waals surface area contributed by atoms with Crippen molar-refractivity contribution in [3.05, 3.63) is 40.6 Å². The summed E-state index contributed by atoms with van der Waals surface area (Å²) in [6.07, 6.45) is -8.39. The first kappa shape index (κ1) is 22.6. The summed E-state index contributed by atoms with van der Waals surface area (Å²) in [4.78, 5) is 13.2. The van der Waals surface area contributed by atoms with Gasteiger partial charge in [0, 0.05) is 11.6 Å². The summed E-state index contributed by atoms with van der Waals surface area (Å²) in [7, 11) is 0. The highest BCUT2D eigenvalue weighted by atomic mass is 16.6. The Morgan fingerprint density at radius 1 is 0.879 bits per heavy atom. The fraction of sp³-hybridized carbons (Fsp3) is 0.286. The number of hydrogen-bond acceptors (Lipinski definition) is 12. The molecule has 12 nitrogen and oxygen atoms in total. The van der Waals surface area contributed by atoms with E-state index in [4.69, 9.17) is 13.9 Å². The van der Waals surface area contributed by atoms with E-state index in [-0.39, 0.29) is 22.7 Å². The molecule has 1 saturated heterocycles. The molecule has 3 aromatic rings. The quantitative estimate of drug-likeness (QED) is 0.229. The number of fused-ring (bicyclic) bond motifs is 1. The molecule has 0 bridgehead atoms. The number of aliphatic hydroxyl groups excluding tert-OH is 4. The second-order valence-electron chi connectivity index (χ2n) is 7.45. The maximum Gasteiger partial charge on any atom is 0.239 e. The molecule has 0 radical (unpaired) electrons. The van der Waals surface area contributed by atoms with E-state index in [1.807, 2.05) is 0 Å². The van der Waals surface area contributed by atoms with Gasteiger partial charge in [0.1, 0.15) is 47.7 Å². The molecule has 1 aromatic heterocycles. The second kappa shape index (κ2) is 8.42. The van der Waals surface area contributed by atoms with Gasteiger partial charge in [-0.25, -0.2) is 0 Å². The van der Waals surface area contributed by atoms with Crippen molar-refractivity contribution in [2.75, 3.05) is 6.61 Å². The molecule has 8 N–H and O–H groups in total. The van der Waals surface area contributed by atoms with Crippen LogP contribution in [-0.2, 0) is 4.74 Å². The average Bonchev–Trinajstić information content (AvgIpc) is 2.78. The largest absolute Gasteiger partial charge is 0.508 e. The van der Waals surface area contributed by atoms with Crippen LogP contribution in [0.2, 0.25) is 0 Å². The molecular weight excluding hydrogens is 444 g/mol. The Morgan fingerprint density at radius 2 is 1.55 bits per heavy atom. The van der Waals surface area contributed by atoms with Crippen LogP contribution in [0.15, 0.2) is 39.5 Å². The number of aliphatic hydroxyl groups is 4. The normalized spacial score (nSPS) is 25.3. The molecule has 5 atom stereocenters. The van der Waals surface area contributed by atoms with Gasteiger partial charge in [0.05, 0.1) is 0 Å². The highest BCUT2D eigenvalue weighted by Gasteiger charge is 2.43. The van der Waals surface area contributed by atoms with Crippen molar-refractivity contribution >= 4 is 11.0 Å². The molecule has 0 unspecified atom stereocenters. The van der Waals surface area contributed by atoms with Gasteiger partial charge < -0.3 is 54.7 Å². The number of benzene rings is 2. The van der Waals surface area contributed by atoms with Gasteiger partial charge in [-0.15, -0.1) is 0 Å². The Hall–Kier alpha value is -3.55. The van der Waals surface area contributed by atoms with Gasteiger partial charge in [-0.2, -0.15) is 0 Å². The Morgan fingerprint density at radius 3 is 2.21 bits per heavy atom. The molecule has 1 aliphatic rings. The Kier molecular flexibility index (Phi) is 5.78. The molecule has 2 heterocycles. The van der Waals surface area contributed by atoms with Crippen LogP contribution in [0.25, 0.3) is 22.3 Å². The topological polar surface area (TPSA) is 211 Å². The molecular formula is C21H20O12. The average molecular weight is 464 g/mol. The maximum atomic E-state index is 13.2. The molecule has 0 spiro atoms. The van der Waals surface area contributed by atoms with Gasteiger partial charge in [-0.05, 0) is 24.3 Å². The standard InChI is InChI=1S/C21H20O12/c22-8-3-1-7(2-4-8)19-20(31-6-11-14(25)17(28)18(29)21(30)33-11)16(27)12-10(32-19)5-9(23)13(24)15(12)26/h1-5,11,14,17-18,21-26,28-30H,6H2/t11-,14+,17-,18+,21+/m0/s1. The van der Waals surface area contributed by atoms with Crippen LogP contribution in [0, 0.1) is 0 Å². The molecule has 1 aliphatic heterocycles. The maximum absolute atomic E-state index is 13.2. The van der Waals surface area contributed by atoms with Crippen LogP contribution >= 0.6 is 0 Å². The minimum atomic E-state index is -1.83. The van der Waals surface area contributed by atoms with Crippen LogP contribution in [-0.4, -0.2) is 78.2 Å². The summed E-state index contributed by atoms with van der Waals surface area (Å²) in [6.45, 7) is -0.603. The number of ether oxygens (including phenoxy) is 2. The van der Waals surface area contributed by atoms with Crippen molar-refractivity contribution < 1.29 is 54.7 Å². The van der Waals surface area contributed by atoms with Crippen LogP contribution in [0.3, 0.4) is 0 Å². The lowest BCUT2D eigenvalue weighted by Crippen LogP contribution is -2.58. The van der Waals surface area contributed by atoms with Gasteiger partial charge in [-0.3, -0.25) is 4.79 Å². The zero-order valence-electron chi connectivity index (χ0n) is 16.7. The van der Waals surface area contributed by atoms with E-state index in [1.54, 1.807) is 0 Å². The molecule has 1 fully saturated rings. The summed E-state index contributed by atoms with van der Waals surface area (Å²) >= 11 is 0. The third kappa shape index (κ3) is 3.90. The molecule has 4 rings (SSSR count). The SMILES string of the molecule is O=c1c(OC[C@@H]2O[C@@H](O)[C@H](O)[C@@H](O)[C@@H]2O)c(-c2ccc(O)cc2)oc2cc(O)c(O)c(O)c12. The molecule has 33 heavy (non-hydrogen) atoms. The molecule has 0 saturated carbocycles. The van der Waals surface area contributed by atoms with Gasteiger partial charge >= 0.3 is 0 Å². The van der Waals surface area contributed by atoms with Crippen LogP contribution < -0.4 is 10.2 Å². The van der Waals surface area contributed by atoms with Crippen LogP contribution in [0.1, 0.15) is 0 Å². The summed E-state index contributed by atoms with van der Waals surface area (Å²) < 4.78 is 16.2. The third-order valence-corrected chi connectivity index (χ3v) is 5.28. The molecule has 176 valence electrons. The van der Waals surface area contributed by atoms with Crippen molar-refractivity contribution in [3.63, 3.8) is 0 Å². The van der Waals surface area contributed by atoms with Gasteiger partial charge in [-0.1, -0.05) is 0 Å². The first-order valence-corrected chi connectivity index (χ1v) is 9.64. The Bertz CT molecular complexity index is 1230. The van der Waals surface area contributed by atoms with E-state index in [0.29, 0.717) is 0 Å². The first-order chi connectivity index (χ1) is 15.6. The highest BCUT2D eigenvalue weighted by molar-refractivity contribution is 5.91. The molecule has 0 amide bonds. The molecule has 0 aliphatic carbocycles. The predicted molar refractivity (Wildman–Crippen MR) is 109 cm³/mol. The second-order valence-corrected chi connectivity index (χ2v) is 7.45. The summed E-state index contributed by atoms with van der Waals surface area (Å²) in [5, 5.41) is 78.1. The lowest BCUT2D eigenvalue weighted by molar-refractivity contribution is -0.285.